The summed E-state index contributed by atoms with van der Waals surface area (Å²) in [6.45, 7) is 4.18. The molecule has 0 saturated carbocycles. The molecule has 0 aliphatic heterocycles. The number of rotatable bonds is 7. The van der Waals surface area contributed by atoms with Gasteiger partial charge in [-0.2, -0.15) is 0 Å². The molecule has 0 radical (unpaired) electrons. The molecule has 100 valence electrons. The Balaban J connectivity index is 2.55. The third-order valence-electron chi connectivity index (χ3n) is 2.98. The van der Waals surface area contributed by atoms with Gasteiger partial charge in [-0.1, -0.05) is 26.7 Å². The van der Waals surface area contributed by atoms with Crippen LogP contribution in [0, 0.1) is 5.92 Å². The molecule has 0 spiro atoms. The maximum absolute atomic E-state index is 12.0. The molecule has 1 N–H and O–H groups in total. The van der Waals surface area contributed by atoms with Crippen molar-refractivity contribution in [2.24, 2.45) is 5.92 Å². The lowest BCUT2D eigenvalue weighted by Crippen LogP contribution is -2.22. The van der Waals surface area contributed by atoms with Crippen molar-refractivity contribution in [3.63, 3.8) is 0 Å². The summed E-state index contributed by atoms with van der Waals surface area (Å²) in [5.74, 6) is 0.719. The number of amides is 1. The second-order valence-electron chi connectivity index (χ2n) is 4.33. The molecule has 1 aromatic heterocycles. The second kappa shape index (κ2) is 7.69. The van der Waals surface area contributed by atoms with Crippen LogP contribution in [-0.2, 0) is 4.79 Å². The minimum absolute atomic E-state index is 0.0814. The van der Waals surface area contributed by atoms with Crippen LogP contribution < -0.4 is 10.1 Å². The van der Waals surface area contributed by atoms with Crippen LogP contribution in [0.1, 0.15) is 39.5 Å². The molecule has 4 heteroatoms. The van der Waals surface area contributed by atoms with E-state index < -0.39 is 0 Å². The van der Waals surface area contributed by atoms with E-state index in [4.69, 9.17) is 4.74 Å². The van der Waals surface area contributed by atoms with Gasteiger partial charge < -0.3 is 10.1 Å². The number of ether oxygens (including phenoxy) is 1. The number of carbonyl (C=O) groups is 1. The van der Waals surface area contributed by atoms with Gasteiger partial charge in [0.25, 0.3) is 0 Å². The Morgan fingerprint density at radius 3 is 2.72 bits per heavy atom. The largest absolute Gasteiger partial charge is 0.481 e. The number of aromatic nitrogens is 1. The molecule has 0 fully saturated rings. The number of nitrogens with one attached hydrogen (secondary N) is 1. The van der Waals surface area contributed by atoms with Gasteiger partial charge in [-0.15, -0.1) is 0 Å². The minimum Gasteiger partial charge on any atom is -0.481 e. The average Bonchev–Trinajstić information content (AvgIpc) is 2.40. The smallest absolute Gasteiger partial charge is 0.227 e. The molecule has 1 heterocycles. The first kappa shape index (κ1) is 14.5. The average molecular weight is 250 g/mol. The van der Waals surface area contributed by atoms with Crippen molar-refractivity contribution in [2.75, 3.05) is 12.4 Å². The van der Waals surface area contributed by atoms with Crippen LogP contribution in [0.2, 0.25) is 0 Å². The normalized spacial score (nSPS) is 11.9. The molecule has 0 aliphatic rings. The van der Waals surface area contributed by atoms with Crippen molar-refractivity contribution >= 4 is 11.6 Å². The van der Waals surface area contributed by atoms with Crippen molar-refractivity contribution in [3.05, 3.63) is 18.3 Å². The predicted molar refractivity (Wildman–Crippen MR) is 72.7 cm³/mol. The number of hydrogen-bond donors (Lipinski definition) is 1. The first-order chi connectivity index (χ1) is 8.71. The predicted octanol–water partition coefficient (Wildman–Crippen LogP) is 3.25. The Labute approximate surface area is 109 Å². The fraction of sp³-hybridized carbons (Fsp3) is 0.571. The number of anilines is 1. The SMILES string of the molecule is CCCCC(CC)C(=O)Nc1ccc(OC)nc1. The van der Waals surface area contributed by atoms with E-state index in [-0.39, 0.29) is 11.8 Å². The number of pyridine rings is 1. The summed E-state index contributed by atoms with van der Waals surface area (Å²) in [4.78, 5) is 16.1. The standard InChI is InChI=1S/C14H22N2O2/c1-4-6-7-11(5-2)14(17)16-12-8-9-13(18-3)15-10-12/h8-11H,4-7H2,1-3H3,(H,16,17). The zero-order valence-electron chi connectivity index (χ0n) is 11.4. The fourth-order valence-electron chi connectivity index (χ4n) is 1.79. The topological polar surface area (TPSA) is 51.2 Å². The first-order valence-corrected chi connectivity index (χ1v) is 6.52. The Morgan fingerprint density at radius 1 is 1.44 bits per heavy atom. The number of methoxy groups -OCH3 is 1. The van der Waals surface area contributed by atoms with E-state index in [1.165, 1.54) is 0 Å². The summed E-state index contributed by atoms with van der Waals surface area (Å²) in [6.07, 6.45) is 5.64. The molecule has 1 unspecified atom stereocenters. The molecule has 0 aliphatic carbocycles. The van der Waals surface area contributed by atoms with E-state index in [9.17, 15) is 4.79 Å². The quantitative estimate of drug-likeness (QED) is 0.808. The third kappa shape index (κ3) is 4.35. The number of nitrogens with zero attached hydrogens (tertiary/aromatic N) is 1. The molecule has 0 bridgehead atoms. The van der Waals surface area contributed by atoms with Gasteiger partial charge in [0.05, 0.1) is 19.0 Å². The Bertz CT molecular complexity index is 363. The van der Waals surface area contributed by atoms with E-state index in [1.54, 1.807) is 25.4 Å². The zero-order chi connectivity index (χ0) is 13.4. The van der Waals surface area contributed by atoms with E-state index in [2.05, 4.69) is 17.2 Å². The molecule has 0 saturated heterocycles. The molecule has 4 nitrogen and oxygen atoms in total. The summed E-state index contributed by atoms with van der Waals surface area (Å²) < 4.78 is 4.97. The monoisotopic (exact) mass is 250 g/mol. The van der Waals surface area contributed by atoms with E-state index >= 15 is 0 Å². The summed E-state index contributed by atoms with van der Waals surface area (Å²) in [7, 11) is 1.57. The Hall–Kier alpha value is -1.58. The number of carbonyl (C=O) groups excluding carboxylic acids is 1. The molecule has 1 amide bonds. The molecular formula is C14H22N2O2. The summed E-state index contributed by atoms with van der Waals surface area (Å²) in [5, 5.41) is 2.90. The van der Waals surface area contributed by atoms with Crippen LogP contribution in [-0.4, -0.2) is 18.0 Å². The van der Waals surface area contributed by atoms with Gasteiger partial charge in [0, 0.05) is 12.0 Å². The molecule has 1 aromatic rings. The van der Waals surface area contributed by atoms with Gasteiger partial charge in [-0.25, -0.2) is 4.98 Å². The summed E-state index contributed by atoms with van der Waals surface area (Å²) in [5.41, 5.74) is 0.718. The van der Waals surface area contributed by atoms with Crippen LogP contribution in [0.4, 0.5) is 5.69 Å². The molecule has 0 aromatic carbocycles. The van der Waals surface area contributed by atoms with Gasteiger partial charge in [0.2, 0.25) is 11.8 Å². The van der Waals surface area contributed by atoms with Gasteiger partial charge in [-0.05, 0) is 18.9 Å². The van der Waals surface area contributed by atoms with E-state index in [0.29, 0.717) is 5.88 Å². The van der Waals surface area contributed by atoms with Crippen molar-refractivity contribution in [1.29, 1.82) is 0 Å². The van der Waals surface area contributed by atoms with Crippen molar-refractivity contribution in [1.82, 2.24) is 4.98 Å². The van der Waals surface area contributed by atoms with Crippen LogP contribution >= 0.6 is 0 Å². The fourth-order valence-corrected chi connectivity index (χ4v) is 1.79. The van der Waals surface area contributed by atoms with E-state index in [0.717, 1.165) is 31.4 Å². The maximum atomic E-state index is 12.0. The zero-order valence-corrected chi connectivity index (χ0v) is 11.4. The lowest BCUT2D eigenvalue weighted by molar-refractivity contribution is -0.120. The molecule has 1 rings (SSSR count). The second-order valence-corrected chi connectivity index (χ2v) is 4.33. The van der Waals surface area contributed by atoms with Crippen LogP contribution in [0.25, 0.3) is 0 Å². The molecule has 18 heavy (non-hydrogen) atoms. The van der Waals surface area contributed by atoms with Gasteiger partial charge in [0.1, 0.15) is 0 Å². The van der Waals surface area contributed by atoms with Gasteiger partial charge in [-0.3, -0.25) is 4.79 Å². The van der Waals surface area contributed by atoms with Crippen LogP contribution in [0.15, 0.2) is 18.3 Å². The summed E-state index contributed by atoms with van der Waals surface area (Å²) >= 11 is 0. The Kier molecular flexibility index (Phi) is 6.19. The summed E-state index contributed by atoms with van der Waals surface area (Å²) in [6, 6.07) is 3.54. The minimum atomic E-state index is 0.0814. The maximum Gasteiger partial charge on any atom is 0.227 e. The Morgan fingerprint density at radius 2 is 2.22 bits per heavy atom. The molecule has 1 atom stereocenters. The van der Waals surface area contributed by atoms with Crippen LogP contribution in [0.3, 0.4) is 0 Å². The highest BCUT2D eigenvalue weighted by Gasteiger charge is 2.15. The van der Waals surface area contributed by atoms with Gasteiger partial charge in [0.15, 0.2) is 0 Å². The molecular weight excluding hydrogens is 228 g/mol. The highest BCUT2D eigenvalue weighted by molar-refractivity contribution is 5.92. The van der Waals surface area contributed by atoms with Crippen molar-refractivity contribution in [3.8, 4) is 5.88 Å². The van der Waals surface area contributed by atoms with Crippen LogP contribution in [0.5, 0.6) is 5.88 Å². The number of unbranched alkanes of at least 4 members (excludes halogenated alkanes) is 1. The third-order valence-corrected chi connectivity index (χ3v) is 2.98. The van der Waals surface area contributed by atoms with Crippen molar-refractivity contribution < 1.29 is 9.53 Å². The lowest BCUT2D eigenvalue weighted by atomic mass is 9.98. The number of hydrogen-bond acceptors (Lipinski definition) is 3. The van der Waals surface area contributed by atoms with E-state index in [1.807, 2.05) is 6.92 Å². The van der Waals surface area contributed by atoms with Crippen molar-refractivity contribution in [2.45, 2.75) is 39.5 Å². The highest BCUT2D eigenvalue weighted by atomic mass is 16.5. The van der Waals surface area contributed by atoms with Gasteiger partial charge >= 0.3 is 0 Å². The first-order valence-electron chi connectivity index (χ1n) is 6.52. The highest BCUT2D eigenvalue weighted by Crippen LogP contribution is 2.17. The lowest BCUT2D eigenvalue weighted by Gasteiger charge is -2.14.